The minimum atomic E-state index is -0.563. The molecule has 8 nitrogen and oxygen atoms in total. The van der Waals surface area contributed by atoms with E-state index in [1.54, 1.807) is 30.8 Å². The fourth-order valence-electron chi connectivity index (χ4n) is 2.60. The molecule has 0 amide bonds. The summed E-state index contributed by atoms with van der Waals surface area (Å²) in [4.78, 5) is 27.2. The van der Waals surface area contributed by atoms with Crippen LogP contribution in [-0.2, 0) is 7.05 Å². The first-order valence-corrected chi connectivity index (χ1v) is 7.75. The van der Waals surface area contributed by atoms with Crippen molar-refractivity contribution < 1.29 is 10.0 Å². The second-order valence-corrected chi connectivity index (χ2v) is 5.67. The first kappa shape index (κ1) is 17.2. The molecular formula is C18H16N4O4. The standard InChI is InChI=1S/C18H16N4O4/c1-12-17(18(24)21(20(12)2)14-6-4-3-5-7-14)19-11-13-10-15(22(25)26)8-9-16(13)23/h3-11,23H,1-2H3/b19-11+. The Morgan fingerprint density at radius 1 is 1.19 bits per heavy atom. The number of benzene rings is 2. The summed E-state index contributed by atoms with van der Waals surface area (Å²) in [5.41, 5.74) is 1.19. The Balaban J connectivity index is 2.07. The predicted octanol–water partition coefficient (Wildman–Crippen LogP) is 2.85. The number of rotatable bonds is 4. The third-order valence-electron chi connectivity index (χ3n) is 4.08. The molecule has 0 radical (unpaired) electrons. The summed E-state index contributed by atoms with van der Waals surface area (Å²) in [7, 11) is 1.74. The lowest BCUT2D eigenvalue weighted by Gasteiger charge is -2.07. The minimum absolute atomic E-state index is 0.156. The largest absolute Gasteiger partial charge is 0.507 e. The van der Waals surface area contributed by atoms with Crippen molar-refractivity contribution in [3.8, 4) is 11.4 Å². The Kier molecular flexibility index (Phi) is 4.40. The van der Waals surface area contributed by atoms with Gasteiger partial charge in [-0.1, -0.05) is 18.2 Å². The maximum atomic E-state index is 12.8. The van der Waals surface area contributed by atoms with E-state index in [0.717, 1.165) is 0 Å². The van der Waals surface area contributed by atoms with E-state index in [2.05, 4.69) is 4.99 Å². The topological polar surface area (TPSA) is 103 Å². The summed E-state index contributed by atoms with van der Waals surface area (Å²) in [5, 5.41) is 20.7. The van der Waals surface area contributed by atoms with E-state index >= 15 is 0 Å². The van der Waals surface area contributed by atoms with Crippen LogP contribution in [0.25, 0.3) is 5.69 Å². The average molecular weight is 352 g/mol. The molecule has 1 heterocycles. The van der Waals surface area contributed by atoms with Gasteiger partial charge in [0.2, 0.25) is 0 Å². The molecule has 0 aliphatic carbocycles. The highest BCUT2D eigenvalue weighted by Gasteiger charge is 2.15. The zero-order valence-corrected chi connectivity index (χ0v) is 14.2. The van der Waals surface area contributed by atoms with Crippen LogP contribution in [0.1, 0.15) is 11.3 Å². The zero-order valence-electron chi connectivity index (χ0n) is 14.2. The van der Waals surface area contributed by atoms with Gasteiger partial charge in [0.1, 0.15) is 5.75 Å². The highest BCUT2D eigenvalue weighted by atomic mass is 16.6. The van der Waals surface area contributed by atoms with Gasteiger partial charge in [-0.15, -0.1) is 0 Å². The van der Waals surface area contributed by atoms with Gasteiger partial charge in [0.15, 0.2) is 5.69 Å². The SMILES string of the molecule is Cc1c(/N=C/c2cc([N+](=O)[O-])ccc2O)c(=O)n(-c2ccccc2)n1C. The van der Waals surface area contributed by atoms with Gasteiger partial charge in [0.25, 0.3) is 11.2 Å². The molecule has 0 bridgehead atoms. The van der Waals surface area contributed by atoms with Gasteiger partial charge in [-0.2, -0.15) is 0 Å². The molecule has 0 spiro atoms. The normalized spacial score (nSPS) is 11.2. The lowest BCUT2D eigenvalue weighted by Crippen LogP contribution is -2.19. The molecule has 0 aliphatic rings. The quantitative estimate of drug-likeness (QED) is 0.443. The van der Waals surface area contributed by atoms with Crippen LogP contribution >= 0.6 is 0 Å². The van der Waals surface area contributed by atoms with Crippen molar-refractivity contribution in [2.75, 3.05) is 0 Å². The summed E-state index contributed by atoms with van der Waals surface area (Å²) in [6.07, 6.45) is 1.25. The third kappa shape index (κ3) is 3.00. The van der Waals surface area contributed by atoms with Crippen molar-refractivity contribution in [1.82, 2.24) is 9.36 Å². The highest BCUT2D eigenvalue weighted by Crippen LogP contribution is 2.23. The van der Waals surface area contributed by atoms with E-state index < -0.39 is 4.92 Å². The van der Waals surface area contributed by atoms with E-state index in [9.17, 15) is 20.0 Å². The Labute approximate surface area is 148 Å². The molecule has 3 rings (SSSR count). The number of nitro benzene ring substituents is 1. The van der Waals surface area contributed by atoms with E-state index in [1.165, 1.54) is 29.1 Å². The van der Waals surface area contributed by atoms with Crippen LogP contribution in [0.3, 0.4) is 0 Å². The van der Waals surface area contributed by atoms with Crippen molar-refractivity contribution in [3.05, 3.63) is 80.3 Å². The second kappa shape index (κ2) is 6.67. The molecule has 2 aromatic carbocycles. The number of nitrogens with zero attached hydrogens (tertiary/aromatic N) is 4. The van der Waals surface area contributed by atoms with Crippen molar-refractivity contribution in [2.24, 2.45) is 12.0 Å². The van der Waals surface area contributed by atoms with Gasteiger partial charge in [0, 0.05) is 31.0 Å². The number of para-hydroxylation sites is 1. The Hall–Kier alpha value is -3.68. The monoisotopic (exact) mass is 352 g/mol. The summed E-state index contributed by atoms with van der Waals surface area (Å²) in [6, 6.07) is 12.7. The van der Waals surface area contributed by atoms with Gasteiger partial charge in [-0.25, -0.2) is 9.67 Å². The molecule has 8 heteroatoms. The fraction of sp³-hybridized carbons (Fsp3) is 0.111. The number of aromatic hydroxyl groups is 1. The maximum Gasteiger partial charge on any atom is 0.297 e. The van der Waals surface area contributed by atoms with Gasteiger partial charge in [-0.05, 0) is 25.1 Å². The van der Waals surface area contributed by atoms with Gasteiger partial charge < -0.3 is 5.11 Å². The summed E-state index contributed by atoms with van der Waals surface area (Å²) in [5.74, 6) is -0.156. The first-order valence-electron chi connectivity index (χ1n) is 7.75. The fourth-order valence-corrected chi connectivity index (χ4v) is 2.60. The minimum Gasteiger partial charge on any atom is -0.507 e. The first-order chi connectivity index (χ1) is 12.4. The molecule has 1 aromatic heterocycles. The van der Waals surface area contributed by atoms with Crippen molar-refractivity contribution in [2.45, 2.75) is 6.92 Å². The molecular weight excluding hydrogens is 336 g/mol. The van der Waals surface area contributed by atoms with Crippen LogP contribution in [0.4, 0.5) is 11.4 Å². The maximum absolute atomic E-state index is 12.8. The molecule has 0 saturated heterocycles. The molecule has 1 N–H and O–H groups in total. The van der Waals surface area contributed by atoms with Gasteiger partial charge in [0.05, 0.1) is 16.3 Å². The number of hydrogen-bond acceptors (Lipinski definition) is 5. The number of nitro groups is 1. The molecule has 0 aliphatic heterocycles. The van der Waals surface area contributed by atoms with E-state index in [-0.39, 0.29) is 28.2 Å². The van der Waals surface area contributed by atoms with Crippen molar-refractivity contribution >= 4 is 17.6 Å². The van der Waals surface area contributed by atoms with Crippen LogP contribution in [0, 0.1) is 17.0 Å². The summed E-state index contributed by atoms with van der Waals surface area (Å²) >= 11 is 0. The highest BCUT2D eigenvalue weighted by molar-refractivity contribution is 5.86. The van der Waals surface area contributed by atoms with E-state index in [1.807, 2.05) is 18.2 Å². The van der Waals surface area contributed by atoms with Crippen molar-refractivity contribution in [3.63, 3.8) is 0 Å². The molecule has 0 saturated carbocycles. The number of hydrogen-bond donors (Lipinski definition) is 1. The number of aromatic nitrogens is 2. The second-order valence-electron chi connectivity index (χ2n) is 5.67. The molecule has 0 atom stereocenters. The average Bonchev–Trinajstić information content (AvgIpc) is 2.84. The van der Waals surface area contributed by atoms with Crippen LogP contribution in [-0.4, -0.2) is 25.6 Å². The Bertz CT molecular complexity index is 1060. The zero-order chi connectivity index (χ0) is 18.8. The smallest absolute Gasteiger partial charge is 0.297 e. The number of phenols is 1. The lowest BCUT2D eigenvalue weighted by atomic mass is 10.2. The molecule has 26 heavy (non-hydrogen) atoms. The molecule has 3 aromatic rings. The Morgan fingerprint density at radius 3 is 2.54 bits per heavy atom. The third-order valence-corrected chi connectivity index (χ3v) is 4.08. The van der Waals surface area contributed by atoms with Gasteiger partial charge in [-0.3, -0.25) is 19.6 Å². The van der Waals surface area contributed by atoms with E-state index in [4.69, 9.17) is 0 Å². The molecule has 132 valence electrons. The van der Waals surface area contributed by atoms with Crippen LogP contribution in [0.15, 0.2) is 58.3 Å². The summed E-state index contributed by atoms with van der Waals surface area (Å²) < 4.78 is 3.16. The van der Waals surface area contributed by atoms with Gasteiger partial charge >= 0.3 is 0 Å². The van der Waals surface area contributed by atoms with Crippen molar-refractivity contribution in [1.29, 1.82) is 0 Å². The molecule has 0 unspecified atom stereocenters. The van der Waals surface area contributed by atoms with Crippen LogP contribution in [0.2, 0.25) is 0 Å². The Morgan fingerprint density at radius 2 is 1.88 bits per heavy atom. The van der Waals surface area contributed by atoms with Crippen LogP contribution in [0.5, 0.6) is 5.75 Å². The van der Waals surface area contributed by atoms with Crippen LogP contribution < -0.4 is 5.56 Å². The molecule has 0 fully saturated rings. The predicted molar refractivity (Wildman–Crippen MR) is 97.8 cm³/mol. The van der Waals surface area contributed by atoms with E-state index in [0.29, 0.717) is 11.4 Å². The number of non-ortho nitro benzene ring substituents is 1. The number of aliphatic imine (C=N–C) groups is 1. The number of phenolic OH excluding ortho intramolecular Hbond substituents is 1. The summed E-state index contributed by atoms with van der Waals surface area (Å²) in [6.45, 7) is 1.75. The lowest BCUT2D eigenvalue weighted by molar-refractivity contribution is -0.384.